The second-order valence-corrected chi connectivity index (χ2v) is 9.45. The molecule has 0 radical (unpaired) electrons. The number of aliphatic carboxylic acids is 1. The number of carbonyl (C=O) groups excluding carboxylic acids is 1. The number of aliphatic hydroxyl groups excluding tert-OH is 1. The van der Waals surface area contributed by atoms with E-state index >= 15 is 0 Å². The topological polar surface area (TPSA) is 89.9 Å². The second-order valence-electron chi connectivity index (χ2n) is 9.45. The molecular formula is C23H31F3N2O4. The molecule has 1 saturated heterocycles. The molecule has 6 nitrogen and oxygen atoms in total. The first-order chi connectivity index (χ1) is 15.0. The number of aliphatic hydroxyl groups is 1. The highest BCUT2D eigenvalue weighted by Gasteiger charge is 2.47. The first-order valence-electron chi connectivity index (χ1n) is 11.1. The first kappa shape index (κ1) is 24.5. The molecule has 1 aliphatic heterocycles. The van der Waals surface area contributed by atoms with Gasteiger partial charge in [0.2, 0.25) is 5.91 Å². The highest BCUT2D eigenvalue weighted by atomic mass is 19.4. The molecule has 3 N–H and O–H groups in total. The van der Waals surface area contributed by atoms with Crippen LogP contribution in [-0.2, 0) is 9.59 Å². The lowest BCUT2D eigenvalue weighted by atomic mass is 9.81. The van der Waals surface area contributed by atoms with Gasteiger partial charge in [0.25, 0.3) is 0 Å². The van der Waals surface area contributed by atoms with Crippen LogP contribution in [0.1, 0.15) is 56.2 Å². The van der Waals surface area contributed by atoms with Gasteiger partial charge in [0.1, 0.15) is 0 Å². The molecule has 2 aliphatic carbocycles. The molecule has 178 valence electrons. The first-order valence-corrected chi connectivity index (χ1v) is 11.1. The standard InChI is InChI=1S/C21H30N2O2.C2HF3O2/c1-13(2)7-8-23-11-18-16-5-3-4-6-17(16)20(19(18)12-23)22-21(25)14-9-15(24)10-14;3-2(4,5)1(6)7/h3-6,13-15,18-20,24H,7-12H2,1-2H3,(H,22,25);(H,6,7)/t14?,15?,18-,19-,20+;/m0./s1. The van der Waals surface area contributed by atoms with E-state index in [1.165, 1.54) is 17.5 Å². The van der Waals surface area contributed by atoms with Gasteiger partial charge in [-0.2, -0.15) is 13.2 Å². The van der Waals surface area contributed by atoms with E-state index in [-0.39, 0.29) is 24.0 Å². The van der Waals surface area contributed by atoms with Crippen LogP contribution in [0.2, 0.25) is 0 Å². The Kier molecular flexibility index (Phi) is 7.50. The molecule has 0 aromatic heterocycles. The smallest absolute Gasteiger partial charge is 0.475 e. The minimum atomic E-state index is -5.08. The molecular weight excluding hydrogens is 425 g/mol. The fraction of sp³-hybridized carbons (Fsp3) is 0.652. The molecule has 0 unspecified atom stereocenters. The Morgan fingerprint density at radius 3 is 2.28 bits per heavy atom. The zero-order chi connectivity index (χ0) is 23.6. The van der Waals surface area contributed by atoms with E-state index in [0.29, 0.717) is 24.7 Å². The van der Waals surface area contributed by atoms with Crippen LogP contribution in [0.15, 0.2) is 24.3 Å². The maximum atomic E-state index is 12.6. The van der Waals surface area contributed by atoms with Crippen molar-refractivity contribution < 1.29 is 33.0 Å². The summed E-state index contributed by atoms with van der Waals surface area (Å²) < 4.78 is 31.7. The number of carboxylic acid groups (broad SMARTS) is 1. The molecule has 9 heteroatoms. The van der Waals surface area contributed by atoms with Gasteiger partial charge in [0, 0.05) is 30.8 Å². The number of alkyl halides is 3. The van der Waals surface area contributed by atoms with Crippen molar-refractivity contribution in [3.63, 3.8) is 0 Å². The molecule has 2 fully saturated rings. The summed E-state index contributed by atoms with van der Waals surface area (Å²) in [7, 11) is 0. The fourth-order valence-electron chi connectivity index (χ4n) is 4.82. The molecule has 1 aromatic rings. The van der Waals surface area contributed by atoms with E-state index in [2.05, 4.69) is 48.3 Å². The number of hydrogen-bond acceptors (Lipinski definition) is 4. The van der Waals surface area contributed by atoms with E-state index in [1.807, 2.05) is 0 Å². The molecule has 1 aromatic carbocycles. The summed E-state index contributed by atoms with van der Waals surface area (Å²) in [6, 6.07) is 8.78. The lowest BCUT2D eigenvalue weighted by Crippen LogP contribution is -2.43. The summed E-state index contributed by atoms with van der Waals surface area (Å²) >= 11 is 0. The molecule has 1 heterocycles. The van der Waals surface area contributed by atoms with Crippen LogP contribution < -0.4 is 5.32 Å². The van der Waals surface area contributed by atoms with E-state index < -0.39 is 12.1 Å². The van der Waals surface area contributed by atoms with Gasteiger partial charge in [0.05, 0.1) is 12.1 Å². The van der Waals surface area contributed by atoms with Crippen molar-refractivity contribution in [3.05, 3.63) is 35.4 Å². The van der Waals surface area contributed by atoms with Gasteiger partial charge in [-0.1, -0.05) is 38.1 Å². The Morgan fingerprint density at radius 1 is 1.16 bits per heavy atom. The lowest BCUT2D eigenvalue weighted by molar-refractivity contribution is -0.192. The molecule has 32 heavy (non-hydrogen) atoms. The highest BCUT2D eigenvalue weighted by Crippen LogP contribution is 2.49. The Bertz CT molecular complexity index is 824. The van der Waals surface area contributed by atoms with Gasteiger partial charge in [-0.05, 0) is 42.9 Å². The van der Waals surface area contributed by atoms with Crippen molar-refractivity contribution in [2.24, 2.45) is 17.8 Å². The predicted molar refractivity (Wildman–Crippen MR) is 112 cm³/mol. The monoisotopic (exact) mass is 456 g/mol. The molecule has 1 amide bonds. The second kappa shape index (κ2) is 9.79. The third-order valence-corrected chi connectivity index (χ3v) is 6.65. The Labute approximate surface area is 185 Å². The van der Waals surface area contributed by atoms with E-state index in [9.17, 15) is 23.1 Å². The van der Waals surface area contributed by atoms with Crippen LogP contribution >= 0.6 is 0 Å². The van der Waals surface area contributed by atoms with Gasteiger partial charge in [0.15, 0.2) is 0 Å². The van der Waals surface area contributed by atoms with Crippen LogP contribution in [0.5, 0.6) is 0 Å². The van der Waals surface area contributed by atoms with Gasteiger partial charge < -0.3 is 20.4 Å². The number of hydrogen-bond donors (Lipinski definition) is 3. The number of benzene rings is 1. The average Bonchev–Trinajstić information content (AvgIpc) is 3.22. The van der Waals surface area contributed by atoms with Crippen molar-refractivity contribution in [1.29, 1.82) is 0 Å². The Hall–Kier alpha value is -2.13. The summed E-state index contributed by atoms with van der Waals surface area (Å²) in [5.74, 6) is -0.869. The number of carboxylic acids is 1. The number of halogens is 3. The van der Waals surface area contributed by atoms with Gasteiger partial charge in [-0.25, -0.2) is 4.79 Å². The van der Waals surface area contributed by atoms with Gasteiger partial charge in [-0.15, -0.1) is 0 Å². The largest absolute Gasteiger partial charge is 0.490 e. The van der Waals surface area contributed by atoms with Crippen molar-refractivity contribution in [1.82, 2.24) is 10.2 Å². The minimum absolute atomic E-state index is 0.000315. The van der Waals surface area contributed by atoms with Crippen molar-refractivity contribution in [3.8, 4) is 0 Å². The number of nitrogens with zero attached hydrogens (tertiary/aromatic N) is 1. The molecule has 3 atom stereocenters. The lowest BCUT2D eigenvalue weighted by Gasteiger charge is -2.32. The maximum Gasteiger partial charge on any atom is 0.490 e. The van der Waals surface area contributed by atoms with Gasteiger partial charge in [-0.3, -0.25) is 4.79 Å². The summed E-state index contributed by atoms with van der Waals surface area (Å²) in [5.41, 5.74) is 2.74. The molecule has 0 spiro atoms. The summed E-state index contributed by atoms with van der Waals surface area (Å²) in [6.45, 7) is 7.90. The van der Waals surface area contributed by atoms with Crippen molar-refractivity contribution in [2.45, 2.75) is 57.3 Å². The van der Waals surface area contributed by atoms with Gasteiger partial charge >= 0.3 is 12.1 Å². The third-order valence-electron chi connectivity index (χ3n) is 6.65. The van der Waals surface area contributed by atoms with Crippen LogP contribution in [-0.4, -0.2) is 58.9 Å². The molecule has 4 rings (SSSR count). The zero-order valence-electron chi connectivity index (χ0n) is 18.3. The maximum absolute atomic E-state index is 12.6. The number of carbonyl (C=O) groups is 2. The summed E-state index contributed by atoms with van der Waals surface area (Å²) in [4.78, 5) is 24.1. The SMILES string of the molecule is CC(C)CCN1C[C@@H]2[C@H](NC(=O)C3CC(O)C3)c3ccccc3[C@@H]2C1.O=C(O)C(F)(F)F. The van der Waals surface area contributed by atoms with Crippen LogP contribution in [0, 0.1) is 17.8 Å². The highest BCUT2D eigenvalue weighted by molar-refractivity contribution is 5.80. The number of rotatable bonds is 5. The number of fused-ring (bicyclic) bond motifs is 3. The molecule has 3 aliphatic rings. The quantitative estimate of drug-likeness (QED) is 0.633. The zero-order valence-corrected chi connectivity index (χ0v) is 18.3. The molecule has 0 bridgehead atoms. The number of nitrogens with one attached hydrogen (secondary N) is 1. The minimum Gasteiger partial charge on any atom is -0.475 e. The summed E-state index contributed by atoms with van der Waals surface area (Å²) in [6.07, 6.45) is -2.89. The van der Waals surface area contributed by atoms with Crippen LogP contribution in [0.4, 0.5) is 13.2 Å². The normalized spacial score (nSPS) is 28.9. The average molecular weight is 457 g/mol. The van der Waals surface area contributed by atoms with E-state index in [4.69, 9.17) is 9.90 Å². The fourth-order valence-corrected chi connectivity index (χ4v) is 4.82. The molecule has 1 saturated carbocycles. The van der Waals surface area contributed by atoms with Crippen LogP contribution in [0.3, 0.4) is 0 Å². The van der Waals surface area contributed by atoms with Crippen molar-refractivity contribution >= 4 is 11.9 Å². The van der Waals surface area contributed by atoms with Crippen molar-refractivity contribution in [2.75, 3.05) is 19.6 Å². The van der Waals surface area contributed by atoms with Crippen LogP contribution in [0.25, 0.3) is 0 Å². The predicted octanol–water partition coefficient (Wildman–Crippen LogP) is 3.32. The number of amides is 1. The third kappa shape index (κ3) is 5.61. The Balaban J connectivity index is 0.000000360. The summed E-state index contributed by atoms with van der Waals surface area (Å²) in [5, 5.41) is 20.0. The van der Waals surface area contributed by atoms with E-state index in [1.54, 1.807) is 0 Å². The van der Waals surface area contributed by atoms with E-state index in [0.717, 1.165) is 25.6 Å². The Morgan fingerprint density at radius 2 is 1.75 bits per heavy atom. The number of likely N-dealkylation sites (tertiary alicyclic amines) is 1.